The average molecular weight is 321 g/mol. The summed E-state index contributed by atoms with van der Waals surface area (Å²) in [4.78, 5) is 0. The number of hydrogen-bond donors (Lipinski definition) is 1. The van der Waals surface area contributed by atoms with Crippen molar-refractivity contribution < 1.29 is 9.84 Å². The molecule has 1 N–H and O–H groups in total. The summed E-state index contributed by atoms with van der Waals surface area (Å²) in [6, 6.07) is 15.9. The quantitative estimate of drug-likeness (QED) is 0.912. The molecule has 1 atom stereocenters. The van der Waals surface area contributed by atoms with Crippen LogP contribution in [0.5, 0.6) is 5.75 Å². The van der Waals surface area contributed by atoms with E-state index in [1.807, 2.05) is 48.5 Å². The van der Waals surface area contributed by atoms with Crippen LogP contribution in [0, 0.1) is 0 Å². The van der Waals surface area contributed by atoms with Crippen molar-refractivity contribution >= 4 is 15.9 Å². The Morgan fingerprint density at radius 1 is 1.05 bits per heavy atom. The second kappa shape index (κ2) is 6.73. The van der Waals surface area contributed by atoms with Crippen LogP contribution in [0.4, 0.5) is 0 Å². The number of aliphatic hydroxyl groups is 1. The average Bonchev–Trinajstić information content (AvgIpc) is 2.38. The van der Waals surface area contributed by atoms with Crippen LogP contribution >= 0.6 is 15.9 Å². The molecule has 2 aromatic carbocycles. The van der Waals surface area contributed by atoms with E-state index in [9.17, 15) is 5.11 Å². The predicted molar refractivity (Wildman–Crippen MR) is 80.6 cm³/mol. The van der Waals surface area contributed by atoms with E-state index in [1.165, 1.54) is 0 Å². The van der Waals surface area contributed by atoms with Gasteiger partial charge in [0.05, 0.1) is 13.2 Å². The minimum atomic E-state index is -0.388. The summed E-state index contributed by atoms with van der Waals surface area (Å²) in [7, 11) is 1.65. The van der Waals surface area contributed by atoms with Gasteiger partial charge < -0.3 is 9.84 Å². The predicted octanol–water partition coefficient (Wildman–Crippen LogP) is 3.60. The van der Waals surface area contributed by atoms with E-state index in [0.717, 1.165) is 21.3 Å². The topological polar surface area (TPSA) is 29.5 Å². The van der Waals surface area contributed by atoms with Crippen molar-refractivity contribution in [3.8, 4) is 5.75 Å². The standard InChI is InChI=1S/C16H17BrO2/c1-19-16-7-3-5-13(11-16)10-15(18)9-12-4-2-6-14(17)8-12/h2-8,11,15,18H,9-10H2,1H3. The van der Waals surface area contributed by atoms with E-state index < -0.39 is 0 Å². The molecule has 19 heavy (non-hydrogen) atoms. The molecule has 0 amide bonds. The summed E-state index contributed by atoms with van der Waals surface area (Å²) >= 11 is 3.44. The number of benzene rings is 2. The maximum atomic E-state index is 10.2. The Morgan fingerprint density at radius 2 is 1.68 bits per heavy atom. The van der Waals surface area contributed by atoms with Crippen molar-refractivity contribution in [3.63, 3.8) is 0 Å². The van der Waals surface area contributed by atoms with Gasteiger partial charge in [-0.2, -0.15) is 0 Å². The van der Waals surface area contributed by atoms with E-state index >= 15 is 0 Å². The van der Waals surface area contributed by atoms with Crippen LogP contribution in [-0.2, 0) is 12.8 Å². The third kappa shape index (κ3) is 4.37. The van der Waals surface area contributed by atoms with E-state index in [1.54, 1.807) is 7.11 Å². The summed E-state index contributed by atoms with van der Waals surface area (Å²) in [5, 5.41) is 10.2. The lowest BCUT2D eigenvalue weighted by atomic mass is 10.0. The van der Waals surface area contributed by atoms with Gasteiger partial charge in [-0.25, -0.2) is 0 Å². The number of rotatable bonds is 5. The first-order chi connectivity index (χ1) is 9.17. The maximum Gasteiger partial charge on any atom is 0.119 e. The monoisotopic (exact) mass is 320 g/mol. The van der Waals surface area contributed by atoms with Crippen molar-refractivity contribution in [2.75, 3.05) is 7.11 Å². The second-order valence-corrected chi connectivity index (χ2v) is 5.46. The molecule has 1 unspecified atom stereocenters. The Kier molecular flexibility index (Phi) is 5.00. The highest BCUT2D eigenvalue weighted by Crippen LogP contribution is 2.17. The molecule has 0 spiro atoms. The van der Waals surface area contributed by atoms with Gasteiger partial charge in [0.2, 0.25) is 0 Å². The maximum absolute atomic E-state index is 10.2. The molecule has 0 bridgehead atoms. The third-order valence-electron chi connectivity index (χ3n) is 2.97. The van der Waals surface area contributed by atoms with Gasteiger partial charge in [0.15, 0.2) is 0 Å². The number of hydrogen-bond acceptors (Lipinski definition) is 2. The molecule has 2 nitrogen and oxygen atoms in total. The smallest absolute Gasteiger partial charge is 0.119 e. The van der Waals surface area contributed by atoms with Crippen LogP contribution in [0.15, 0.2) is 53.0 Å². The largest absolute Gasteiger partial charge is 0.497 e. The van der Waals surface area contributed by atoms with Gasteiger partial charge in [-0.1, -0.05) is 40.2 Å². The lowest BCUT2D eigenvalue weighted by molar-refractivity contribution is 0.175. The highest BCUT2D eigenvalue weighted by atomic mass is 79.9. The summed E-state index contributed by atoms with van der Waals surface area (Å²) in [5.74, 6) is 0.826. The first-order valence-corrected chi connectivity index (χ1v) is 7.02. The van der Waals surface area contributed by atoms with Crippen LogP contribution in [0.25, 0.3) is 0 Å². The first kappa shape index (κ1) is 14.1. The zero-order valence-corrected chi connectivity index (χ0v) is 12.4. The molecular weight excluding hydrogens is 304 g/mol. The van der Waals surface area contributed by atoms with Crippen LogP contribution in [0.2, 0.25) is 0 Å². The van der Waals surface area contributed by atoms with Crippen molar-refractivity contribution in [2.45, 2.75) is 18.9 Å². The Morgan fingerprint density at radius 3 is 2.32 bits per heavy atom. The van der Waals surface area contributed by atoms with Gasteiger partial charge >= 0.3 is 0 Å². The fourth-order valence-electron chi connectivity index (χ4n) is 2.08. The highest BCUT2D eigenvalue weighted by molar-refractivity contribution is 9.10. The number of aliphatic hydroxyl groups excluding tert-OH is 1. The number of methoxy groups -OCH3 is 1. The van der Waals surface area contributed by atoms with Gasteiger partial charge in [0.1, 0.15) is 5.75 Å². The van der Waals surface area contributed by atoms with E-state index in [-0.39, 0.29) is 6.10 Å². The zero-order chi connectivity index (χ0) is 13.7. The molecule has 0 aliphatic carbocycles. The minimum Gasteiger partial charge on any atom is -0.497 e. The SMILES string of the molecule is COc1cccc(CC(O)Cc2cccc(Br)c2)c1. The normalized spacial score (nSPS) is 12.2. The summed E-state index contributed by atoms with van der Waals surface area (Å²) in [5.41, 5.74) is 2.21. The van der Waals surface area contributed by atoms with Gasteiger partial charge in [0.25, 0.3) is 0 Å². The van der Waals surface area contributed by atoms with Crippen molar-refractivity contribution in [1.29, 1.82) is 0 Å². The molecule has 0 saturated heterocycles. The molecule has 2 aromatic rings. The molecule has 3 heteroatoms. The third-order valence-corrected chi connectivity index (χ3v) is 3.46. The molecule has 0 fully saturated rings. The van der Waals surface area contributed by atoms with Crippen LogP contribution in [0.1, 0.15) is 11.1 Å². The Hall–Kier alpha value is -1.32. The van der Waals surface area contributed by atoms with Crippen molar-refractivity contribution in [3.05, 3.63) is 64.1 Å². The molecule has 0 saturated carbocycles. The molecule has 0 aliphatic heterocycles. The fourth-order valence-corrected chi connectivity index (χ4v) is 2.53. The first-order valence-electron chi connectivity index (χ1n) is 6.23. The van der Waals surface area contributed by atoms with Crippen LogP contribution in [-0.4, -0.2) is 18.3 Å². The fraction of sp³-hybridized carbons (Fsp3) is 0.250. The zero-order valence-electron chi connectivity index (χ0n) is 10.8. The Labute approximate surface area is 122 Å². The molecule has 0 heterocycles. The van der Waals surface area contributed by atoms with Crippen LogP contribution in [0.3, 0.4) is 0 Å². The second-order valence-electron chi connectivity index (χ2n) is 4.54. The Balaban J connectivity index is 1.98. The molecular formula is C16H17BrO2. The van der Waals surface area contributed by atoms with Crippen molar-refractivity contribution in [2.24, 2.45) is 0 Å². The molecule has 0 aliphatic rings. The summed E-state index contributed by atoms with van der Waals surface area (Å²) in [6.07, 6.45) is 0.891. The van der Waals surface area contributed by atoms with E-state index in [4.69, 9.17) is 4.74 Å². The van der Waals surface area contributed by atoms with Crippen molar-refractivity contribution in [1.82, 2.24) is 0 Å². The van der Waals surface area contributed by atoms with E-state index in [2.05, 4.69) is 15.9 Å². The molecule has 100 valence electrons. The number of halogens is 1. The van der Waals surface area contributed by atoms with Gasteiger partial charge in [-0.05, 0) is 48.2 Å². The van der Waals surface area contributed by atoms with E-state index in [0.29, 0.717) is 12.8 Å². The Bertz CT molecular complexity index is 540. The van der Waals surface area contributed by atoms with Gasteiger partial charge in [0, 0.05) is 4.47 Å². The van der Waals surface area contributed by atoms with Crippen LogP contribution < -0.4 is 4.74 Å². The lowest BCUT2D eigenvalue weighted by Crippen LogP contribution is -2.13. The number of ether oxygens (including phenoxy) is 1. The molecule has 2 rings (SSSR count). The lowest BCUT2D eigenvalue weighted by Gasteiger charge is -2.12. The highest BCUT2D eigenvalue weighted by Gasteiger charge is 2.08. The molecule has 0 radical (unpaired) electrons. The van der Waals surface area contributed by atoms with Gasteiger partial charge in [-0.15, -0.1) is 0 Å². The molecule has 0 aromatic heterocycles. The van der Waals surface area contributed by atoms with Gasteiger partial charge in [-0.3, -0.25) is 0 Å². The minimum absolute atomic E-state index is 0.388. The summed E-state index contributed by atoms with van der Waals surface area (Å²) < 4.78 is 6.22. The summed E-state index contributed by atoms with van der Waals surface area (Å²) in [6.45, 7) is 0.